The topological polar surface area (TPSA) is 221 Å². The van der Waals surface area contributed by atoms with E-state index in [0.717, 1.165) is 36.0 Å². The highest BCUT2D eigenvalue weighted by Gasteiger charge is 2.47. The van der Waals surface area contributed by atoms with Gasteiger partial charge in [0.2, 0.25) is 5.91 Å². The number of nitrogens with zero attached hydrogens (tertiary/aromatic N) is 6. The maximum absolute atomic E-state index is 13.1. The number of halogens is 3. The van der Waals surface area contributed by atoms with Gasteiger partial charge in [-0.1, -0.05) is 143 Å². The van der Waals surface area contributed by atoms with Gasteiger partial charge < -0.3 is 33.0 Å². The molecule has 4 heterocycles. The highest BCUT2D eigenvalue weighted by Crippen LogP contribution is 2.40. The van der Waals surface area contributed by atoms with Crippen LogP contribution in [0.1, 0.15) is 48.5 Å². The number of benzene rings is 8. The number of hydrogen-bond donors (Lipinski definition) is 2. The molecule has 12 aromatic rings. The second-order valence-corrected chi connectivity index (χ2v) is 26.3. The standard InChI is InChI=1S/C73H58B2F3N7O9S3/c1-91-55-37-39-61-59(43-55)81-71(95-61)57(45-79)69-65-66(68(48-31-35-54(36-32-48)94-42-18-16-28-64(87)88)85(69)75(51-23-11-5-12-24-51)52-25-13-6-14-26-52)70(58(46-80)72-82-60-44-56(92-2)38-40-62(60)96-72)84(74(49-19-7-3-8-20-49)50-21-9-4-10-22-50)67(65)47-29-33-53(34-30-47)93-41-17-15-27-63(86)83-97(89,90)73(76,77)78/h3-14,19-26,29-40,43-44H,15-18,27-28,41-42H2,1-2H3,(H,83,86)(H,87,88)/b69-57-,70-58-. The summed E-state index contributed by atoms with van der Waals surface area (Å²) in [5.74, 6) is -0.155. The molecular weight excluding hydrogens is 1290 g/mol. The number of nitrogens with one attached hydrogen (secondary N) is 1. The lowest BCUT2D eigenvalue weighted by Gasteiger charge is -2.24. The summed E-state index contributed by atoms with van der Waals surface area (Å²) in [6.07, 6.45) is 0.585. The molecule has 97 heavy (non-hydrogen) atoms. The molecule has 16 nitrogen and oxygen atoms in total. The molecule has 0 aliphatic heterocycles. The Hall–Kier alpha value is -10.9. The number of thiazole rings is 2. The molecule has 484 valence electrons. The van der Waals surface area contributed by atoms with E-state index >= 15 is 0 Å². The average Bonchev–Trinajstić information content (AvgIpc) is 1.53. The van der Waals surface area contributed by atoms with Crippen LogP contribution in [0.3, 0.4) is 0 Å². The van der Waals surface area contributed by atoms with Crippen LogP contribution in [-0.4, -0.2) is 91.0 Å². The second-order valence-electron chi connectivity index (χ2n) is 22.5. The Morgan fingerprint density at radius 1 is 0.536 bits per heavy atom. The minimum absolute atomic E-state index is 0.000982. The van der Waals surface area contributed by atoms with Gasteiger partial charge in [0.1, 0.15) is 56.3 Å². The Bertz CT molecular complexity index is 5040. The van der Waals surface area contributed by atoms with Crippen molar-refractivity contribution in [3.05, 3.63) is 227 Å². The van der Waals surface area contributed by atoms with Gasteiger partial charge >= 0.3 is 35.2 Å². The minimum Gasteiger partial charge on any atom is -0.497 e. The van der Waals surface area contributed by atoms with Gasteiger partial charge in [-0.3, -0.25) is 9.59 Å². The third-order valence-electron chi connectivity index (χ3n) is 16.4. The van der Waals surface area contributed by atoms with Gasteiger partial charge in [0, 0.05) is 47.1 Å². The first-order chi connectivity index (χ1) is 47.1. The van der Waals surface area contributed by atoms with E-state index in [1.807, 2.05) is 194 Å². The summed E-state index contributed by atoms with van der Waals surface area (Å²) in [4.78, 5) is 34.4. The smallest absolute Gasteiger partial charge is 0.497 e. The summed E-state index contributed by atoms with van der Waals surface area (Å²) < 4.78 is 93.6. The van der Waals surface area contributed by atoms with Crippen molar-refractivity contribution in [2.75, 3.05) is 27.4 Å². The van der Waals surface area contributed by atoms with Gasteiger partial charge in [0.05, 0.1) is 58.6 Å². The highest BCUT2D eigenvalue weighted by atomic mass is 32.2. The van der Waals surface area contributed by atoms with Gasteiger partial charge in [0.25, 0.3) is 0 Å². The fourth-order valence-electron chi connectivity index (χ4n) is 12.0. The number of ether oxygens (including phenoxy) is 4. The first kappa shape index (κ1) is 66.1. The number of fused-ring (bicyclic) bond motifs is 3. The van der Waals surface area contributed by atoms with Crippen LogP contribution in [0.4, 0.5) is 13.2 Å². The van der Waals surface area contributed by atoms with Gasteiger partial charge in [0.15, 0.2) is 0 Å². The molecule has 0 fully saturated rings. The number of alkyl halides is 3. The molecule has 0 aliphatic carbocycles. The Morgan fingerprint density at radius 2 is 0.897 bits per heavy atom. The molecule has 0 bridgehead atoms. The van der Waals surface area contributed by atoms with Crippen LogP contribution >= 0.6 is 22.7 Å². The predicted molar refractivity (Wildman–Crippen MR) is 375 cm³/mol. The van der Waals surface area contributed by atoms with Crippen LogP contribution in [0.25, 0.3) is 64.9 Å². The van der Waals surface area contributed by atoms with E-state index < -0.39 is 47.5 Å². The number of amides is 1. The van der Waals surface area contributed by atoms with Crippen molar-refractivity contribution in [2.45, 2.75) is 44.0 Å². The molecule has 0 unspecified atom stereocenters. The van der Waals surface area contributed by atoms with E-state index in [1.165, 1.54) is 22.7 Å². The fraction of sp³-hybridized carbons (Fsp3) is 0.151. The van der Waals surface area contributed by atoms with Gasteiger partial charge in [-0.2, -0.15) is 32.1 Å². The molecule has 0 radical (unpaired) electrons. The van der Waals surface area contributed by atoms with E-state index in [4.69, 9.17) is 28.9 Å². The third kappa shape index (κ3) is 14.0. The number of aromatic nitrogens is 4. The van der Waals surface area contributed by atoms with E-state index in [1.54, 1.807) is 26.4 Å². The largest absolute Gasteiger partial charge is 0.516 e. The molecule has 1 amide bonds. The van der Waals surface area contributed by atoms with Gasteiger partial charge in [-0.15, -0.1) is 22.7 Å². The van der Waals surface area contributed by atoms with Crippen LogP contribution in [0, 0.1) is 22.7 Å². The Labute approximate surface area is 564 Å². The molecule has 0 aliphatic rings. The maximum Gasteiger partial charge on any atom is 0.516 e. The van der Waals surface area contributed by atoms with E-state index in [-0.39, 0.29) is 43.6 Å². The number of carbonyl (C=O) groups excluding carboxylic acids is 1. The number of methoxy groups -OCH3 is 2. The SMILES string of the molecule is COc1ccc2sc(/C(C#N)=c3/c4c(-c5ccc(OCCCCC(=O)NS(=O)(=O)C(F)(F)F)cc5)n(B(c5ccccc5)c5ccccc5)/c(=C(/C#N)c5nc6cc(OC)ccc6s5)c4c(-c4ccc(OCCCCC(=O)O)cc4)n3B(c3ccccc3)c3ccccc3)nc2c1. The van der Waals surface area contributed by atoms with Gasteiger partial charge in [-0.05, 0) is 110 Å². The van der Waals surface area contributed by atoms with Crippen LogP contribution in [-0.2, 0) is 19.6 Å². The van der Waals surface area contributed by atoms with E-state index in [0.29, 0.717) is 101 Å². The number of unbranched alkanes of at least 4 members (excludes halogenated alkanes) is 2. The molecule has 0 spiro atoms. The maximum atomic E-state index is 13.1. The molecule has 8 aromatic carbocycles. The molecule has 2 N–H and O–H groups in total. The number of rotatable bonds is 25. The molecule has 0 atom stereocenters. The van der Waals surface area contributed by atoms with Crippen LogP contribution in [0.5, 0.6) is 23.0 Å². The zero-order chi connectivity index (χ0) is 67.8. The van der Waals surface area contributed by atoms with Crippen molar-refractivity contribution in [1.29, 1.82) is 10.5 Å². The summed E-state index contributed by atoms with van der Waals surface area (Å²) in [5, 5.41) is 37.1. The quantitative estimate of drug-likeness (QED) is 0.0402. The number of carboxylic acid groups (broad SMARTS) is 1. The summed E-state index contributed by atoms with van der Waals surface area (Å²) in [6, 6.07) is 71.4. The number of hydrogen-bond acceptors (Lipinski definition) is 14. The fourth-order valence-corrected chi connectivity index (χ4v) is 14.4. The number of carboxylic acids is 1. The van der Waals surface area contributed by atoms with Crippen LogP contribution in [0.15, 0.2) is 206 Å². The highest BCUT2D eigenvalue weighted by molar-refractivity contribution is 7.90. The molecule has 4 aromatic heterocycles. The first-order valence-corrected chi connectivity index (χ1v) is 34.0. The van der Waals surface area contributed by atoms with Crippen molar-refractivity contribution < 1.29 is 55.2 Å². The van der Waals surface area contributed by atoms with Crippen LogP contribution in [0.2, 0.25) is 0 Å². The summed E-state index contributed by atoms with van der Waals surface area (Å²) >= 11 is 2.69. The van der Waals surface area contributed by atoms with Gasteiger partial charge in [-0.25, -0.2) is 14.7 Å². The van der Waals surface area contributed by atoms with Crippen molar-refractivity contribution in [1.82, 2.24) is 23.6 Å². The zero-order valence-electron chi connectivity index (χ0n) is 52.2. The summed E-state index contributed by atoms with van der Waals surface area (Å²) in [5.41, 5.74) is 1.73. The number of nitriles is 2. The van der Waals surface area contributed by atoms with Crippen molar-refractivity contribution >= 4 is 122 Å². The molecule has 12 rings (SSSR count). The average molecular weight is 1350 g/mol. The number of carbonyl (C=O) groups is 2. The molecule has 0 saturated carbocycles. The van der Waals surface area contributed by atoms with Crippen molar-refractivity contribution in [2.24, 2.45) is 0 Å². The lowest BCUT2D eigenvalue weighted by molar-refractivity contribution is -0.137. The summed E-state index contributed by atoms with van der Waals surface area (Å²) in [7, 11) is -2.72. The Balaban J connectivity index is 1.25. The van der Waals surface area contributed by atoms with E-state index in [9.17, 15) is 46.8 Å². The molecular formula is C73H58B2F3N7O9S3. The molecule has 24 heteroatoms. The minimum atomic E-state index is -5.88. The Morgan fingerprint density at radius 3 is 1.24 bits per heavy atom. The van der Waals surface area contributed by atoms with Crippen molar-refractivity contribution in [3.63, 3.8) is 0 Å². The van der Waals surface area contributed by atoms with E-state index in [2.05, 4.69) is 21.1 Å². The number of aliphatic carboxylic acids is 1. The second kappa shape index (κ2) is 29.0. The lowest BCUT2D eigenvalue weighted by Crippen LogP contribution is -2.54. The monoisotopic (exact) mass is 1350 g/mol. The first-order valence-electron chi connectivity index (χ1n) is 30.8. The number of sulfonamides is 1. The third-order valence-corrected chi connectivity index (χ3v) is 19.6. The van der Waals surface area contributed by atoms with Crippen molar-refractivity contribution in [3.8, 4) is 57.7 Å². The predicted octanol–water partition coefficient (Wildman–Crippen LogP) is 10.9. The zero-order valence-corrected chi connectivity index (χ0v) is 54.6. The van der Waals surface area contributed by atoms with Crippen LogP contribution < -0.4 is 56.2 Å². The Kier molecular flexibility index (Phi) is 19.8. The normalized spacial score (nSPS) is 12.2. The lowest BCUT2D eigenvalue weighted by atomic mass is 9.50. The summed E-state index contributed by atoms with van der Waals surface area (Å²) in [6.45, 7) is -1.19. The molecule has 0 saturated heterocycles.